The molecule has 2 aromatic carbocycles. The van der Waals surface area contributed by atoms with Crippen molar-refractivity contribution in [3.63, 3.8) is 0 Å². The Morgan fingerprint density at radius 1 is 0.480 bits per heavy atom. The molecule has 15 heterocycles. The number of anilines is 3. The Labute approximate surface area is 761 Å². The van der Waals surface area contributed by atoms with Gasteiger partial charge in [-0.3, -0.25) is 24.7 Å². The fraction of sp³-hybridized carbons (Fsp3) is 0.553. The molecule has 0 aliphatic carbocycles. The molecule has 17 rings (SSSR count). The van der Waals surface area contributed by atoms with Crippen molar-refractivity contribution in [1.82, 2.24) is 136 Å². The number of nitrogen functional groups attached to an aromatic ring is 2. The Bertz CT molecular complexity index is 5620. The number of nitrogens with zero attached hydrogens (tertiary/aromatic N) is 26. The quantitative estimate of drug-likeness (QED) is 0.0669. The predicted octanol–water partition coefficient (Wildman–Crippen LogP) is 16.7. The number of aromatic amines is 1. The Hall–Kier alpha value is -9.04. The van der Waals surface area contributed by atoms with Crippen molar-refractivity contribution in [2.75, 3.05) is 65.5 Å². The second-order valence-electron chi connectivity index (χ2n) is 37.9. The summed E-state index contributed by atoms with van der Waals surface area (Å²) >= 11 is 22.5. The van der Waals surface area contributed by atoms with Gasteiger partial charge >= 0.3 is 0 Å². The first-order chi connectivity index (χ1) is 57.8. The lowest BCUT2D eigenvalue weighted by Crippen LogP contribution is -2.61. The summed E-state index contributed by atoms with van der Waals surface area (Å²) in [5.74, 6) is 1.39. The van der Waals surface area contributed by atoms with Gasteiger partial charge in [0.2, 0.25) is 16.9 Å². The van der Waals surface area contributed by atoms with Crippen LogP contribution < -0.4 is 21.5 Å². The number of ether oxygens (including phenoxy) is 3. The SMILES string of the molecule is CN1C(C)(C)CC(Nc2nnc(Cl)cc2N)CC1(C)C.CN1C(C)(C)CC(n2nnc3cc(-c4ccc(-c5cn[nH]c5)cc4O)nnc32)CC1(C)C.CN1C(C)(C)CC(n2nnc3cc(Cl)nnc32)CC1(C)C.COCOc1cc(-c2cnn(C3CCCCO3)c2)ccc1-c1cc2nnn(C3CC(C)(C)N(C)C(C)(C)C3)c2nn1.Cl.Cl.Nc1cc(Cl)nnc1Cl. The molecule has 1 unspecified atom stereocenters. The maximum atomic E-state index is 10.6. The Morgan fingerprint density at radius 2 is 0.912 bits per heavy atom. The number of H-pyrrole nitrogens is 1. The molecular weight excluding hydrogens is 1720 g/mol. The Balaban J connectivity index is 0.000000161. The first-order valence-corrected chi connectivity index (χ1v) is 43.0. The van der Waals surface area contributed by atoms with E-state index in [-0.39, 0.29) is 116 Å². The van der Waals surface area contributed by atoms with Crippen LogP contribution in [0.5, 0.6) is 11.5 Å². The van der Waals surface area contributed by atoms with Gasteiger partial charge in [-0.1, -0.05) is 74.2 Å². The molecule has 0 bridgehead atoms. The molecule has 34 nitrogen and oxygen atoms in total. The van der Waals surface area contributed by atoms with Crippen molar-refractivity contribution in [3.05, 3.63) is 112 Å². The largest absolute Gasteiger partial charge is 0.507 e. The van der Waals surface area contributed by atoms with Crippen LogP contribution in [0, 0.1) is 0 Å². The molecule has 5 aliphatic heterocycles. The van der Waals surface area contributed by atoms with E-state index in [2.05, 4.69) is 261 Å². The van der Waals surface area contributed by atoms with Crippen LogP contribution >= 0.6 is 71.2 Å². The summed E-state index contributed by atoms with van der Waals surface area (Å²) in [6, 6.07) is 21.0. The number of benzene rings is 2. The van der Waals surface area contributed by atoms with E-state index >= 15 is 0 Å². The summed E-state index contributed by atoms with van der Waals surface area (Å²) in [5, 5.41) is 93.8. The molecule has 125 heavy (non-hydrogen) atoms. The maximum absolute atomic E-state index is 10.6. The number of aromatic hydroxyl groups is 1. The van der Waals surface area contributed by atoms with Gasteiger partial charge in [0.25, 0.3) is 0 Å². The average Bonchev–Trinajstić information content (AvgIpc) is 1.67. The molecule has 40 heteroatoms. The van der Waals surface area contributed by atoms with Crippen molar-refractivity contribution >= 4 is 122 Å². The number of methoxy groups -OCH3 is 1. The number of aromatic nitrogens is 23. The number of nitrogens with two attached hydrogens (primary N) is 2. The van der Waals surface area contributed by atoms with Gasteiger partial charge in [0, 0.05) is 117 Å². The first kappa shape index (κ1) is 96.6. The maximum Gasteiger partial charge on any atom is 0.201 e. The zero-order valence-electron chi connectivity index (χ0n) is 75.0. The van der Waals surface area contributed by atoms with Gasteiger partial charge in [0.1, 0.15) is 34.3 Å². The topological polar surface area (TPSA) is 392 Å². The summed E-state index contributed by atoms with van der Waals surface area (Å²) in [6.45, 7) is 37.2. The smallest absolute Gasteiger partial charge is 0.201 e. The highest BCUT2D eigenvalue weighted by atomic mass is 35.5. The zero-order valence-corrected chi connectivity index (χ0v) is 79.7. The number of rotatable bonds is 13. The molecule has 10 aromatic heterocycles. The molecule has 0 saturated carbocycles. The van der Waals surface area contributed by atoms with Crippen molar-refractivity contribution in [1.29, 1.82) is 0 Å². The number of halogens is 6. The van der Waals surface area contributed by atoms with Gasteiger partial charge < -0.3 is 36.1 Å². The number of piperidine rings is 4. The van der Waals surface area contributed by atoms with Crippen molar-refractivity contribution in [2.24, 2.45) is 0 Å². The number of phenols is 1. The third-order valence-electron chi connectivity index (χ3n) is 25.8. The molecular formula is C85H118Cl6N30O4. The highest BCUT2D eigenvalue weighted by Gasteiger charge is 2.48. The highest BCUT2D eigenvalue weighted by Crippen LogP contribution is 2.48. The van der Waals surface area contributed by atoms with Gasteiger partial charge in [-0.15, -0.1) is 91.1 Å². The molecule has 0 spiro atoms. The lowest BCUT2D eigenvalue weighted by atomic mass is 9.77. The summed E-state index contributed by atoms with van der Waals surface area (Å²) in [5.41, 5.74) is 23.2. The predicted molar refractivity (Wildman–Crippen MR) is 495 cm³/mol. The van der Waals surface area contributed by atoms with E-state index in [1.54, 1.807) is 37.7 Å². The molecule has 1 atom stereocenters. The minimum atomic E-state index is -0.0110. The molecule has 5 saturated heterocycles. The standard InChI is InChI=1S/C30H40N8O3.C23H28N8O.C14H21ClN6.C14H24ClN5.C4H3Cl2N3.2ClH/c1-29(2)15-22(16-30(3,4)36(29)5)38-28-25(33-35-38)14-24(32-34-28)23-11-10-20(13-26(23)41-19-39-6)21-17-31-37(18-21)27-9-7-8-12-40-27;1-22(2)10-16(11-23(3,4)30(22)5)31-21-19(27-29-31)9-18(26-28-21)17-7-6-14(8-20(17)32)15-12-24-25-13-15;1-13(2)7-9(8-14(3,4)20(13)5)21-12-10(16-19-21)6-11(15)17-18-12;1-13(2)7-9(8-14(3,4)20(13)5)17-12-10(16)6-11(15)18-19-12;5-3-1-2(7)4(6)9-8-3;;/h10-11,13-14,17-18,22,27H,7-9,12,15-16,19H2,1-6H3;6-9,12-13,16,32H,10-11H2,1-5H3,(H,24,25);6,9H,7-8H2,1-5H3;6,9H,7-8H2,1-5H3,(H2,16,18)(H,17,19);1H,(H2,7,8);2*1H. The van der Waals surface area contributed by atoms with E-state index in [0.29, 0.717) is 89.7 Å². The second kappa shape index (κ2) is 38.1. The van der Waals surface area contributed by atoms with Crippen LogP contribution in [0.2, 0.25) is 20.6 Å². The van der Waals surface area contributed by atoms with Crippen LogP contribution in [-0.4, -0.2) is 240 Å². The summed E-state index contributed by atoms with van der Waals surface area (Å²) in [4.78, 5) is 9.78. The monoisotopic (exact) mass is 1830 g/mol. The van der Waals surface area contributed by atoms with E-state index in [4.69, 9.17) is 72.1 Å². The number of likely N-dealkylation sites (tertiary alicyclic amines) is 4. The molecule has 5 aliphatic rings. The van der Waals surface area contributed by atoms with Gasteiger partial charge in [0.05, 0.1) is 53.3 Å². The molecule has 0 radical (unpaired) electrons. The van der Waals surface area contributed by atoms with E-state index in [1.807, 2.05) is 73.6 Å². The minimum absolute atomic E-state index is 0. The van der Waals surface area contributed by atoms with Crippen LogP contribution in [0.4, 0.5) is 17.2 Å². The highest BCUT2D eigenvalue weighted by molar-refractivity contribution is 6.33. The Morgan fingerprint density at radius 3 is 1.35 bits per heavy atom. The van der Waals surface area contributed by atoms with Gasteiger partial charge in [0.15, 0.2) is 33.2 Å². The van der Waals surface area contributed by atoms with Gasteiger partial charge in [-0.25, -0.2) is 18.7 Å². The third kappa shape index (κ3) is 21.5. The van der Waals surface area contributed by atoms with Gasteiger partial charge in [-0.05, 0) is 257 Å². The fourth-order valence-electron chi connectivity index (χ4n) is 18.3. The summed E-state index contributed by atoms with van der Waals surface area (Å²) in [6.07, 6.45) is 18.4. The number of nitrogens with one attached hydrogen (secondary N) is 2. The molecule has 12 aromatic rings. The molecule has 5 fully saturated rings. The lowest BCUT2D eigenvalue weighted by molar-refractivity contribution is -0.0394. The van der Waals surface area contributed by atoms with E-state index in [0.717, 1.165) is 105 Å². The van der Waals surface area contributed by atoms with Crippen LogP contribution in [0.25, 0.3) is 78.3 Å². The second-order valence-corrected chi connectivity index (χ2v) is 39.4. The van der Waals surface area contributed by atoms with Crippen LogP contribution in [-0.2, 0) is 9.47 Å². The van der Waals surface area contributed by atoms with E-state index in [9.17, 15) is 5.11 Å². The van der Waals surface area contributed by atoms with E-state index in [1.165, 1.54) is 6.07 Å². The van der Waals surface area contributed by atoms with E-state index < -0.39 is 0 Å². The summed E-state index contributed by atoms with van der Waals surface area (Å²) in [7, 11) is 10.4. The Kier molecular flexibility index (Phi) is 29.4. The van der Waals surface area contributed by atoms with Crippen LogP contribution in [0.3, 0.4) is 0 Å². The van der Waals surface area contributed by atoms with Crippen molar-refractivity contribution in [3.8, 4) is 56.3 Å². The van der Waals surface area contributed by atoms with Crippen molar-refractivity contribution < 1.29 is 19.3 Å². The summed E-state index contributed by atoms with van der Waals surface area (Å²) < 4.78 is 24.8. The molecule has 7 N–H and O–H groups in total. The minimum Gasteiger partial charge on any atom is -0.507 e. The fourth-order valence-corrected chi connectivity index (χ4v) is 18.8. The third-order valence-corrected chi connectivity index (χ3v) is 26.6. The average molecular weight is 1840 g/mol. The molecule has 0 amide bonds. The number of hydrogen-bond acceptors (Lipinski definition) is 29. The van der Waals surface area contributed by atoms with Gasteiger partial charge in [-0.2, -0.15) is 10.2 Å². The zero-order chi connectivity index (χ0) is 88.8. The number of fused-ring (bicyclic) bond motifs is 3. The van der Waals surface area contributed by atoms with Crippen LogP contribution in [0.1, 0.15) is 206 Å². The van der Waals surface area contributed by atoms with Crippen molar-refractivity contribution in [2.45, 2.75) is 256 Å². The normalized spacial score (nSPS) is 20.0. The molecule has 674 valence electrons. The van der Waals surface area contributed by atoms with Crippen LogP contribution in [0.15, 0.2) is 91.5 Å². The first-order valence-electron chi connectivity index (χ1n) is 41.5. The lowest BCUT2D eigenvalue weighted by Gasteiger charge is -2.53. The number of phenolic OH excluding ortho intramolecular Hbond substituents is 1. The number of hydrogen-bond donors (Lipinski definition) is 5.